The Morgan fingerprint density at radius 3 is 2.08 bits per heavy atom. The number of aliphatic carboxylic acids is 1. The van der Waals surface area contributed by atoms with E-state index in [9.17, 15) is 9.59 Å². The molecular weight excluding hydrogens is 318 g/mol. The van der Waals surface area contributed by atoms with E-state index >= 15 is 0 Å². The summed E-state index contributed by atoms with van der Waals surface area (Å²) in [5.74, 6) is -0.992. The summed E-state index contributed by atoms with van der Waals surface area (Å²) in [6.45, 7) is 5.27. The largest absolute Gasteiger partial charge is 0.481 e. The third kappa shape index (κ3) is 5.95. The smallest absolute Gasteiger partial charge is 0.408 e. The number of carboxylic acids is 1. The van der Waals surface area contributed by atoms with Crippen molar-refractivity contribution >= 4 is 12.1 Å². The molecule has 0 aliphatic rings. The van der Waals surface area contributed by atoms with Gasteiger partial charge in [0.05, 0.1) is 12.5 Å². The second-order valence-electron chi connectivity index (χ2n) is 6.78. The molecule has 132 valence electrons. The maximum atomic E-state index is 12.0. The van der Waals surface area contributed by atoms with E-state index in [2.05, 4.69) is 5.32 Å². The Labute approximate surface area is 147 Å². The number of benzene rings is 2. The molecule has 0 fully saturated rings. The van der Waals surface area contributed by atoms with Gasteiger partial charge in [-0.2, -0.15) is 0 Å². The van der Waals surface area contributed by atoms with Crippen LogP contribution in [0, 0.1) is 0 Å². The Kier molecular flexibility index (Phi) is 5.80. The number of carboxylic acid groups (broad SMARTS) is 1. The lowest BCUT2D eigenvalue weighted by Gasteiger charge is -2.23. The van der Waals surface area contributed by atoms with Gasteiger partial charge in [0.25, 0.3) is 0 Å². The third-order valence-electron chi connectivity index (χ3n) is 3.49. The number of hydrogen-bond donors (Lipinski definition) is 2. The molecule has 0 bridgehead atoms. The highest BCUT2D eigenvalue weighted by atomic mass is 16.6. The van der Waals surface area contributed by atoms with Crippen LogP contribution in [0.25, 0.3) is 11.1 Å². The molecule has 1 amide bonds. The van der Waals surface area contributed by atoms with Gasteiger partial charge < -0.3 is 15.2 Å². The van der Waals surface area contributed by atoms with Crippen LogP contribution in [0.5, 0.6) is 0 Å². The average molecular weight is 341 g/mol. The van der Waals surface area contributed by atoms with Crippen LogP contribution in [0.1, 0.15) is 38.8 Å². The summed E-state index contributed by atoms with van der Waals surface area (Å²) in [5.41, 5.74) is 2.17. The molecular formula is C20H23NO4. The van der Waals surface area contributed by atoms with Crippen LogP contribution in [0.15, 0.2) is 54.6 Å². The fourth-order valence-electron chi connectivity index (χ4n) is 2.42. The van der Waals surface area contributed by atoms with Crippen molar-refractivity contribution in [3.8, 4) is 11.1 Å². The summed E-state index contributed by atoms with van der Waals surface area (Å²) in [4.78, 5) is 23.1. The summed E-state index contributed by atoms with van der Waals surface area (Å²) in [7, 11) is 0. The van der Waals surface area contributed by atoms with Gasteiger partial charge in [-0.15, -0.1) is 0 Å². The number of carbonyl (C=O) groups excluding carboxylic acids is 1. The fraction of sp³-hybridized carbons (Fsp3) is 0.300. The minimum atomic E-state index is -0.992. The summed E-state index contributed by atoms with van der Waals surface area (Å²) in [6, 6.07) is 16.7. The summed E-state index contributed by atoms with van der Waals surface area (Å²) < 4.78 is 5.22. The monoisotopic (exact) mass is 341 g/mol. The minimum Gasteiger partial charge on any atom is -0.481 e. The van der Waals surface area contributed by atoms with Gasteiger partial charge in [-0.05, 0) is 37.5 Å². The highest BCUT2D eigenvalue weighted by Gasteiger charge is 2.22. The van der Waals surface area contributed by atoms with Crippen LogP contribution in [0.3, 0.4) is 0 Å². The Morgan fingerprint density at radius 2 is 1.56 bits per heavy atom. The van der Waals surface area contributed by atoms with E-state index in [1.807, 2.05) is 54.6 Å². The van der Waals surface area contributed by atoms with Gasteiger partial charge in [-0.3, -0.25) is 4.79 Å². The highest BCUT2D eigenvalue weighted by molar-refractivity contribution is 5.72. The molecule has 0 aliphatic carbocycles. The van der Waals surface area contributed by atoms with Crippen LogP contribution in [0.4, 0.5) is 4.79 Å². The molecule has 2 rings (SSSR count). The van der Waals surface area contributed by atoms with Crippen LogP contribution < -0.4 is 5.32 Å². The lowest BCUT2D eigenvalue weighted by molar-refractivity contribution is -0.137. The first-order valence-corrected chi connectivity index (χ1v) is 8.11. The summed E-state index contributed by atoms with van der Waals surface area (Å²) >= 11 is 0. The Bertz CT molecular complexity index is 718. The lowest BCUT2D eigenvalue weighted by atomic mass is 9.99. The predicted octanol–water partition coefficient (Wildman–Crippen LogP) is 4.39. The second-order valence-corrected chi connectivity index (χ2v) is 6.78. The standard InChI is InChI=1S/C20H23NO4/c1-20(2,3)25-19(24)21-17(13-18(22)23)16-11-9-15(10-12-16)14-7-5-4-6-8-14/h4-12,17H,13H2,1-3H3,(H,21,24)(H,22,23)/t17-/m1/s1. The number of rotatable bonds is 5. The molecule has 1 atom stereocenters. The van der Waals surface area contributed by atoms with E-state index in [-0.39, 0.29) is 6.42 Å². The molecule has 5 heteroatoms. The molecule has 0 saturated heterocycles. The molecule has 0 saturated carbocycles. The van der Waals surface area contributed by atoms with Gasteiger partial charge in [0, 0.05) is 0 Å². The van der Waals surface area contributed by atoms with E-state index in [1.165, 1.54) is 0 Å². The molecule has 0 aliphatic heterocycles. The lowest BCUT2D eigenvalue weighted by Crippen LogP contribution is -2.35. The van der Waals surface area contributed by atoms with E-state index in [0.717, 1.165) is 11.1 Å². The number of amides is 1. The first-order chi connectivity index (χ1) is 11.7. The molecule has 2 aromatic carbocycles. The first-order valence-electron chi connectivity index (χ1n) is 8.11. The molecule has 0 radical (unpaired) electrons. The number of nitrogens with one attached hydrogen (secondary N) is 1. The van der Waals surface area contributed by atoms with Crippen LogP contribution in [-0.2, 0) is 9.53 Å². The highest BCUT2D eigenvalue weighted by Crippen LogP contribution is 2.24. The molecule has 2 aromatic rings. The molecule has 0 heterocycles. The topological polar surface area (TPSA) is 75.6 Å². The normalized spacial score (nSPS) is 12.3. The van der Waals surface area contributed by atoms with Crippen molar-refractivity contribution < 1.29 is 19.4 Å². The fourth-order valence-corrected chi connectivity index (χ4v) is 2.42. The number of ether oxygens (including phenoxy) is 1. The second kappa shape index (κ2) is 7.83. The minimum absolute atomic E-state index is 0.218. The average Bonchev–Trinajstić information content (AvgIpc) is 2.53. The Morgan fingerprint density at radius 1 is 1.00 bits per heavy atom. The van der Waals surface area contributed by atoms with Crippen molar-refractivity contribution in [3.05, 3.63) is 60.2 Å². The van der Waals surface area contributed by atoms with Crippen molar-refractivity contribution in [3.63, 3.8) is 0 Å². The Hall–Kier alpha value is -2.82. The maximum absolute atomic E-state index is 12.0. The van der Waals surface area contributed by atoms with Gasteiger partial charge in [0.1, 0.15) is 5.60 Å². The molecule has 0 unspecified atom stereocenters. The molecule has 25 heavy (non-hydrogen) atoms. The molecule has 2 N–H and O–H groups in total. The number of hydrogen-bond acceptors (Lipinski definition) is 3. The molecule has 0 spiro atoms. The van der Waals surface area contributed by atoms with Crippen molar-refractivity contribution in [2.45, 2.75) is 38.8 Å². The van der Waals surface area contributed by atoms with E-state index < -0.39 is 23.7 Å². The number of carbonyl (C=O) groups is 2. The third-order valence-corrected chi connectivity index (χ3v) is 3.49. The van der Waals surface area contributed by atoms with Crippen molar-refractivity contribution in [2.24, 2.45) is 0 Å². The Balaban J connectivity index is 2.17. The van der Waals surface area contributed by atoms with Gasteiger partial charge in [0.15, 0.2) is 0 Å². The van der Waals surface area contributed by atoms with Gasteiger partial charge in [-0.1, -0.05) is 54.6 Å². The SMILES string of the molecule is CC(C)(C)OC(=O)N[C@H](CC(=O)O)c1ccc(-c2ccccc2)cc1. The molecule has 0 aromatic heterocycles. The van der Waals surface area contributed by atoms with Gasteiger partial charge >= 0.3 is 12.1 Å². The maximum Gasteiger partial charge on any atom is 0.408 e. The zero-order valence-electron chi connectivity index (χ0n) is 14.7. The number of alkyl carbamates (subject to hydrolysis) is 1. The van der Waals surface area contributed by atoms with Crippen LogP contribution in [-0.4, -0.2) is 22.8 Å². The zero-order valence-corrected chi connectivity index (χ0v) is 14.7. The zero-order chi connectivity index (χ0) is 18.4. The van der Waals surface area contributed by atoms with Crippen LogP contribution in [0.2, 0.25) is 0 Å². The predicted molar refractivity (Wildman–Crippen MR) is 96.2 cm³/mol. The summed E-state index contributed by atoms with van der Waals surface area (Å²) in [5, 5.41) is 11.8. The van der Waals surface area contributed by atoms with Crippen molar-refractivity contribution in [1.29, 1.82) is 0 Å². The van der Waals surface area contributed by atoms with Crippen molar-refractivity contribution in [2.75, 3.05) is 0 Å². The van der Waals surface area contributed by atoms with Gasteiger partial charge in [-0.25, -0.2) is 4.79 Å². The van der Waals surface area contributed by atoms with Gasteiger partial charge in [0.2, 0.25) is 0 Å². The molecule has 5 nitrogen and oxygen atoms in total. The van der Waals surface area contributed by atoms with E-state index in [4.69, 9.17) is 9.84 Å². The van der Waals surface area contributed by atoms with E-state index in [0.29, 0.717) is 5.56 Å². The van der Waals surface area contributed by atoms with E-state index in [1.54, 1.807) is 20.8 Å². The quantitative estimate of drug-likeness (QED) is 0.845. The summed E-state index contributed by atoms with van der Waals surface area (Å²) in [6.07, 6.45) is -0.852. The van der Waals surface area contributed by atoms with Crippen LogP contribution >= 0.6 is 0 Å². The van der Waals surface area contributed by atoms with Crippen molar-refractivity contribution in [1.82, 2.24) is 5.32 Å². The first kappa shape index (κ1) is 18.5.